The lowest BCUT2D eigenvalue weighted by Crippen LogP contribution is -2.39. The van der Waals surface area contributed by atoms with Gasteiger partial charge in [-0.15, -0.1) is 0 Å². The van der Waals surface area contributed by atoms with Crippen LogP contribution in [0.5, 0.6) is 23.0 Å². The van der Waals surface area contributed by atoms with Gasteiger partial charge >= 0.3 is 5.97 Å². The van der Waals surface area contributed by atoms with Gasteiger partial charge in [0.05, 0.1) is 39.1 Å². The summed E-state index contributed by atoms with van der Waals surface area (Å²) in [5, 5.41) is 0.619. The lowest BCUT2D eigenvalue weighted by Gasteiger charge is -2.24. The number of hydrogen-bond acceptors (Lipinski definition) is 9. The fourth-order valence-corrected chi connectivity index (χ4v) is 7.09. The highest BCUT2D eigenvalue weighted by Gasteiger charge is 2.34. The molecule has 6 rings (SSSR count). The molecule has 226 valence electrons. The van der Waals surface area contributed by atoms with Crippen LogP contribution in [-0.2, 0) is 16.1 Å². The predicted octanol–water partition coefficient (Wildman–Crippen LogP) is 5.37. The van der Waals surface area contributed by atoms with Crippen molar-refractivity contribution >= 4 is 57.6 Å². The molecule has 0 saturated carbocycles. The van der Waals surface area contributed by atoms with E-state index in [4.69, 9.17) is 35.3 Å². The maximum Gasteiger partial charge on any atom is 0.338 e. The number of benzene rings is 3. The molecule has 0 N–H and O–H groups in total. The van der Waals surface area contributed by atoms with Gasteiger partial charge in [0, 0.05) is 10.6 Å². The molecule has 2 aliphatic heterocycles. The third kappa shape index (κ3) is 5.71. The van der Waals surface area contributed by atoms with Crippen molar-refractivity contribution in [2.75, 3.05) is 20.5 Å². The van der Waals surface area contributed by atoms with Gasteiger partial charge in [-0.1, -0.05) is 47.2 Å². The summed E-state index contributed by atoms with van der Waals surface area (Å²) in [5.74, 6) is 1.70. The van der Waals surface area contributed by atoms with E-state index in [0.717, 1.165) is 14.7 Å². The Balaban J connectivity index is 1.42. The Labute approximate surface area is 275 Å². The summed E-state index contributed by atoms with van der Waals surface area (Å²) < 4.78 is 31.0. The molecular weight excluding hydrogens is 719 g/mol. The summed E-state index contributed by atoms with van der Waals surface area (Å²) in [6, 6.07) is 15.8. The van der Waals surface area contributed by atoms with Crippen LogP contribution in [0.2, 0.25) is 5.02 Å². The SMILES string of the molecule is CCOC(=O)C1=C(C)N=c2sc(=Cc3cc(I)c(OCc4ccccc4Cl)c(OC)c3)c(=O)n2C1c1ccc2c(c1)OCO2. The lowest BCUT2D eigenvalue weighted by atomic mass is 9.95. The van der Waals surface area contributed by atoms with Gasteiger partial charge in [0.25, 0.3) is 5.56 Å². The van der Waals surface area contributed by atoms with Crippen molar-refractivity contribution < 1.29 is 28.5 Å². The molecule has 0 radical (unpaired) electrons. The second kappa shape index (κ2) is 12.7. The molecule has 0 fully saturated rings. The van der Waals surface area contributed by atoms with E-state index in [0.29, 0.717) is 54.2 Å². The number of hydrogen-bond donors (Lipinski definition) is 0. The Morgan fingerprint density at radius 2 is 1.98 bits per heavy atom. The van der Waals surface area contributed by atoms with Crippen LogP contribution in [0.3, 0.4) is 0 Å². The van der Waals surface area contributed by atoms with Crippen molar-refractivity contribution in [3.05, 3.63) is 111 Å². The number of carbonyl (C=O) groups is 1. The number of methoxy groups -OCH3 is 1. The number of nitrogens with zero attached hydrogens (tertiary/aromatic N) is 2. The highest BCUT2D eigenvalue weighted by atomic mass is 127. The zero-order chi connectivity index (χ0) is 31.0. The molecule has 1 unspecified atom stereocenters. The first-order valence-corrected chi connectivity index (χ1v) is 15.9. The molecule has 12 heteroatoms. The second-order valence-electron chi connectivity index (χ2n) is 9.83. The van der Waals surface area contributed by atoms with Crippen LogP contribution in [-0.4, -0.2) is 31.0 Å². The van der Waals surface area contributed by atoms with Gasteiger partial charge < -0.3 is 23.7 Å². The van der Waals surface area contributed by atoms with E-state index in [1.165, 1.54) is 15.9 Å². The Kier molecular flexibility index (Phi) is 8.70. The zero-order valence-corrected chi connectivity index (χ0v) is 27.6. The molecule has 3 heterocycles. The van der Waals surface area contributed by atoms with E-state index in [9.17, 15) is 9.59 Å². The molecule has 9 nitrogen and oxygen atoms in total. The zero-order valence-electron chi connectivity index (χ0n) is 23.9. The molecule has 1 aromatic heterocycles. The highest BCUT2D eigenvalue weighted by Crippen LogP contribution is 2.38. The number of allylic oxidation sites excluding steroid dienone is 1. The Hall–Kier alpha value is -3.81. The minimum absolute atomic E-state index is 0.104. The summed E-state index contributed by atoms with van der Waals surface area (Å²) in [4.78, 5) is 32.4. The van der Waals surface area contributed by atoms with Crippen molar-refractivity contribution in [2.24, 2.45) is 4.99 Å². The first-order chi connectivity index (χ1) is 21.3. The van der Waals surface area contributed by atoms with Gasteiger partial charge in [0.1, 0.15) is 6.61 Å². The van der Waals surface area contributed by atoms with Crippen LogP contribution in [0.15, 0.2) is 75.7 Å². The van der Waals surface area contributed by atoms with Crippen LogP contribution in [0, 0.1) is 3.57 Å². The Morgan fingerprint density at radius 3 is 2.75 bits per heavy atom. The van der Waals surface area contributed by atoms with Crippen molar-refractivity contribution in [3.8, 4) is 23.0 Å². The third-order valence-electron chi connectivity index (χ3n) is 7.11. The smallest absolute Gasteiger partial charge is 0.338 e. The topological polar surface area (TPSA) is 97.6 Å². The van der Waals surface area contributed by atoms with E-state index in [1.807, 2.05) is 42.5 Å². The third-order valence-corrected chi connectivity index (χ3v) is 9.26. The number of carbonyl (C=O) groups excluding carboxylic acids is 1. The van der Waals surface area contributed by atoms with E-state index in [1.54, 1.807) is 39.2 Å². The number of rotatable bonds is 8. The number of fused-ring (bicyclic) bond motifs is 2. The Morgan fingerprint density at radius 1 is 1.18 bits per heavy atom. The minimum Gasteiger partial charge on any atom is -0.493 e. The fraction of sp³-hybridized carbons (Fsp3) is 0.219. The predicted molar refractivity (Wildman–Crippen MR) is 174 cm³/mol. The van der Waals surface area contributed by atoms with E-state index < -0.39 is 12.0 Å². The molecule has 3 aromatic carbocycles. The summed E-state index contributed by atoms with van der Waals surface area (Å²) in [6.45, 7) is 4.05. The number of halogens is 2. The maximum atomic E-state index is 14.0. The van der Waals surface area contributed by atoms with Crippen LogP contribution in [0.25, 0.3) is 6.08 Å². The molecule has 0 aliphatic carbocycles. The van der Waals surface area contributed by atoms with Gasteiger partial charge in [-0.2, -0.15) is 0 Å². The molecule has 0 saturated heterocycles. The van der Waals surface area contributed by atoms with Crippen LogP contribution < -0.4 is 33.8 Å². The highest BCUT2D eigenvalue weighted by molar-refractivity contribution is 14.1. The number of ether oxygens (including phenoxy) is 5. The monoisotopic (exact) mass is 744 g/mol. The first kappa shape index (κ1) is 30.2. The minimum atomic E-state index is -0.766. The molecule has 44 heavy (non-hydrogen) atoms. The molecule has 1 atom stereocenters. The largest absolute Gasteiger partial charge is 0.493 e. The maximum absolute atomic E-state index is 14.0. The standard InChI is InChI=1S/C32H26ClIN2O7S/c1-4-40-31(38)27-17(2)35-32-36(28(27)19-9-10-23-24(14-19)43-16-42-23)30(37)26(44-32)13-18-11-22(34)29(25(12-18)39-3)41-15-20-7-5-6-8-21(20)33/h5-14,28H,4,15-16H2,1-3H3. The quantitative estimate of drug-likeness (QED) is 0.177. The number of aromatic nitrogens is 1. The van der Waals surface area contributed by atoms with Gasteiger partial charge in [-0.25, -0.2) is 9.79 Å². The van der Waals surface area contributed by atoms with Gasteiger partial charge in [0.2, 0.25) is 6.79 Å². The molecule has 0 amide bonds. The molecule has 2 aliphatic rings. The van der Waals surface area contributed by atoms with Crippen molar-refractivity contribution in [1.29, 1.82) is 0 Å². The van der Waals surface area contributed by atoms with Crippen molar-refractivity contribution in [2.45, 2.75) is 26.5 Å². The van der Waals surface area contributed by atoms with Crippen molar-refractivity contribution in [1.82, 2.24) is 4.57 Å². The summed E-state index contributed by atoms with van der Waals surface area (Å²) >= 11 is 9.73. The van der Waals surface area contributed by atoms with E-state index >= 15 is 0 Å². The fourth-order valence-electron chi connectivity index (χ4n) is 5.07. The molecule has 0 spiro atoms. The average molecular weight is 745 g/mol. The van der Waals surface area contributed by atoms with Crippen molar-refractivity contribution in [3.63, 3.8) is 0 Å². The lowest BCUT2D eigenvalue weighted by molar-refractivity contribution is -0.139. The summed E-state index contributed by atoms with van der Waals surface area (Å²) in [7, 11) is 1.57. The average Bonchev–Trinajstić information content (AvgIpc) is 3.60. The van der Waals surface area contributed by atoms with Gasteiger partial charge in [-0.3, -0.25) is 9.36 Å². The van der Waals surface area contributed by atoms with Crippen LogP contribution in [0.4, 0.5) is 0 Å². The van der Waals surface area contributed by atoms with E-state index in [-0.39, 0.29) is 25.6 Å². The first-order valence-electron chi connectivity index (χ1n) is 13.6. The Bertz CT molecular complexity index is 2000. The number of thiazole rings is 1. The molecular formula is C32H26ClIN2O7S. The summed E-state index contributed by atoms with van der Waals surface area (Å²) in [6.07, 6.45) is 1.78. The molecule has 0 bridgehead atoms. The normalized spacial score (nSPS) is 15.6. The van der Waals surface area contributed by atoms with Crippen LogP contribution >= 0.6 is 45.5 Å². The van der Waals surface area contributed by atoms with Gasteiger partial charge in [0.15, 0.2) is 27.8 Å². The van der Waals surface area contributed by atoms with Crippen LogP contribution in [0.1, 0.15) is 36.6 Å². The molecule has 4 aromatic rings. The van der Waals surface area contributed by atoms with E-state index in [2.05, 4.69) is 27.6 Å². The van der Waals surface area contributed by atoms with Gasteiger partial charge in [-0.05, 0) is 84.0 Å². The second-order valence-corrected chi connectivity index (χ2v) is 12.4. The summed E-state index contributed by atoms with van der Waals surface area (Å²) in [5.41, 5.74) is 2.75. The number of esters is 1.